The molecule has 0 radical (unpaired) electrons. The zero-order valence-electron chi connectivity index (χ0n) is 17.5. The highest BCUT2D eigenvalue weighted by atomic mass is 16.5. The van der Waals surface area contributed by atoms with Crippen molar-refractivity contribution in [3.05, 3.63) is 59.9 Å². The molecule has 0 bridgehead atoms. The second-order valence-corrected chi connectivity index (χ2v) is 8.11. The van der Waals surface area contributed by atoms with Gasteiger partial charge in [-0.25, -0.2) is 0 Å². The number of likely N-dealkylation sites (tertiary alicyclic amines) is 1. The van der Waals surface area contributed by atoms with Gasteiger partial charge in [0.05, 0.1) is 17.5 Å². The summed E-state index contributed by atoms with van der Waals surface area (Å²) < 4.78 is 5.77. The van der Waals surface area contributed by atoms with E-state index in [4.69, 9.17) is 4.74 Å². The molecule has 7 nitrogen and oxygen atoms in total. The second kappa shape index (κ2) is 9.73. The predicted molar refractivity (Wildman–Crippen MR) is 114 cm³/mol. The molecular weight excluding hydrogens is 394 g/mol. The number of carbonyl (C=O) groups excluding carboxylic acids is 3. The quantitative estimate of drug-likeness (QED) is 0.662. The summed E-state index contributed by atoms with van der Waals surface area (Å²) in [4.78, 5) is 42.8. The summed E-state index contributed by atoms with van der Waals surface area (Å²) in [6, 6.07) is 13.2. The van der Waals surface area contributed by atoms with Crippen molar-refractivity contribution in [2.45, 2.75) is 45.3 Å². The van der Waals surface area contributed by atoms with E-state index in [1.54, 1.807) is 6.20 Å². The number of nitrogens with one attached hydrogen (secondary N) is 1. The topological polar surface area (TPSA) is 88.6 Å². The summed E-state index contributed by atoms with van der Waals surface area (Å²) in [5.41, 5.74) is 1.75. The minimum absolute atomic E-state index is 0.0970. The van der Waals surface area contributed by atoms with Crippen molar-refractivity contribution in [3.8, 4) is 5.75 Å². The van der Waals surface area contributed by atoms with Crippen LogP contribution in [0.25, 0.3) is 0 Å². The molecule has 31 heavy (non-hydrogen) atoms. The second-order valence-electron chi connectivity index (χ2n) is 8.11. The van der Waals surface area contributed by atoms with E-state index < -0.39 is 0 Å². The molecule has 7 heteroatoms. The summed E-state index contributed by atoms with van der Waals surface area (Å²) in [5, 5.41) is 2.86. The zero-order chi connectivity index (χ0) is 21.6. The fraction of sp³-hybridized carbons (Fsp3) is 0.417. The van der Waals surface area contributed by atoms with Crippen molar-refractivity contribution in [2.24, 2.45) is 11.8 Å². The molecule has 162 valence electrons. The minimum Gasteiger partial charge on any atom is -0.487 e. The lowest BCUT2D eigenvalue weighted by Gasteiger charge is -2.19. The number of rotatable bonds is 8. The van der Waals surface area contributed by atoms with Crippen LogP contribution in [0.3, 0.4) is 0 Å². The summed E-state index contributed by atoms with van der Waals surface area (Å²) in [5.74, 6) is -0.0136. The van der Waals surface area contributed by atoms with Gasteiger partial charge in [-0.3, -0.25) is 24.3 Å². The number of amides is 3. The van der Waals surface area contributed by atoms with Crippen LogP contribution in [0.4, 0.5) is 0 Å². The van der Waals surface area contributed by atoms with Crippen LogP contribution in [0.1, 0.15) is 43.4 Å². The molecule has 0 spiro atoms. The van der Waals surface area contributed by atoms with Gasteiger partial charge >= 0.3 is 0 Å². The van der Waals surface area contributed by atoms with Gasteiger partial charge in [0.1, 0.15) is 12.4 Å². The number of nitrogens with zero attached hydrogens (tertiary/aromatic N) is 2. The number of aromatic nitrogens is 1. The van der Waals surface area contributed by atoms with Gasteiger partial charge in [0.2, 0.25) is 17.7 Å². The molecule has 1 aliphatic heterocycles. The largest absolute Gasteiger partial charge is 0.487 e. The lowest BCUT2D eigenvalue weighted by Crippen LogP contribution is -2.35. The third kappa shape index (κ3) is 5.10. The van der Waals surface area contributed by atoms with Crippen LogP contribution in [-0.4, -0.2) is 34.2 Å². The highest BCUT2D eigenvalue weighted by Crippen LogP contribution is 2.37. The number of benzene rings is 1. The maximum atomic E-state index is 12.5. The highest BCUT2D eigenvalue weighted by Gasteiger charge is 2.47. The number of fused-ring (bicyclic) bond motifs is 1. The van der Waals surface area contributed by atoms with E-state index in [-0.39, 0.29) is 42.5 Å². The van der Waals surface area contributed by atoms with Crippen molar-refractivity contribution < 1.29 is 19.1 Å². The fourth-order valence-electron chi connectivity index (χ4n) is 4.34. The summed E-state index contributed by atoms with van der Waals surface area (Å²) in [7, 11) is 0. The molecule has 1 aromatic carbocycles. The van der Waals surface area contributed by atoms with E-state index in [0.717, 1.165) is 36.9 Å². The monoisotopic (exact) mass is 421 g/mol. The Morgan fingerprint density at radius 3 is 2.55 bits per heavy atom. The van der Waals surface area contributed by atoms with Crippen LogP contribution in [-0.2, 0) is 27.5 Å². The summed E-state index contributed by atoms with van der Waals surface area (Å²) in [6.45, 7) is 0.882. The Morgan fingerprint density at radius 1 is 1.06 bits per heavy atom. The average molecular weight is 421 g/mol. The Morgan fingerprint density at radius 2 is 1.84 bits per heavy atom. The summed E-state index contributed by atoms with van der Waals surface area (Å²) in [6.07, 6.45) is 5.42. The van der Waals surface area contributed by atoms with E-state index in [1.165, 1.54) is 4.90 Å². The lowest BCUT2D eigenvalue weighted by molar-refractivity contribution is -0.140. The van der Waals surface area contributed by atoms with Gasteiger partial charge in [0.25, 0.3) is 0 Å². The van der Waals surface area contributed by atoms with E-state index in [1.807, 2.05) is 42.5 Å². The van der Waals surface area contributed by atoms with Crippen molar-refractivity contribution in [1.82, 2.24) is 15.2 Å². The van der Waals surface area contributed by atoms with Gasteiger partial charge in [-0.05, 0) is 42.7 Å². The van der Waals surface area contributed by atoms with E-state index in [2.05, 4.69) is 10.3 Å². The molecule has 4 rings (SSSR count). The van der Waals surface area contributed by atoms with Gasteiger partial charge in [0.15, 0.2) is 0 Å². The molecule has 1 aliphatic carbocycles. The van der Waals surface area contributed by atoms with Crippen LogP contribution < -0.4 is 10.1 Å². The molecule has 1 aromatic heterocycles. The van der Waals surface area contributed by atoms with Gasteiger partial charge in [0, 0.05) is 25.7 Å². The summed E-state index contributed by atoms with van der Waals surface area (Å²) >= 11 is 0. The molecular formula is C24H27N3O4. The lowest BCUT2D eigenvalue weighted by atomic mass is 9.81. The molecule has 2 fully saturated rings. The van der Waals surface area contributed by atoms with Crippen LogP contribution in [0, 0.1) is 11.8 Å². The Kier molecular flexibility index (Phi) is 6.60. The van der Waals surface area contributed by atoms with E-state index in [0.29, 0.717) is 18.9 Å². The first-order valence-electron chi connectivity index (χ1n) is 10.9. The maximum absolute atomic E-state index is 12.5. The van der Waals surface area contributed by atoms with Crippen LogP contribution in [0.5, 0.6) is 5.75 Å². The smallest absolute Gasteiger partial charge is 0.233 e. The van der Waals surface area contributed by atoms with Crippen molar-refractivity contribution in [2.75, 3.05) is 6.54 Å². The molecule has 2 heterocycles. The Balaban J connectivity index is 1.23. The van der Waals surface area contributed by atoms with Crippen LogP contribution >= 0.6 is 0 Å². The van der Waals surface area contributed by atoms with Crippen molar-refractivity contribution in [3.63, 3.8) is 0 Å². The van der Waals surface area contributed by atoms with Crippen molar-refractivity contribution in [1.29, 1.82) is 0 Å². The number of imide groups is 1. The molecule has 1 saturated carbocycles. The third-order valence-corrected chi connectivity index (χ3v) is 6.00. The molecule has 2 atom stereocenters. The number of carbonyl (C=O) groups is 3. The van der Waals surface area contributed by atoms with Gasteiger partial charge in [-0.2, -0.15) is 0 Å². The van der Waals surface area contributed by atoms with E-state index >= 15 is 0 Å². The standard InChI is InChI=1S/C24H27N3O4/c28-22(11-13-27-23(29)20-9-1-2-10-21(20)24(27)30)26-15-17-6-5-8-19(14-17)31-16-18-7-3-4-12-25-18/h3-8,12,14,20-21H,1-2,9-11,13,15-16H2,(H,26,28). The van der Waals surface area contributed by atoms with E-state index in [9.17, 15) is 14.4 Å². The Hall–Kier alpha value is -3.22. The number of ether oxygens (including phenoxy) is 1. The number of hydrogen-bond donors (Lipinski definition) is 1. The average Bonchev–Trinajstić information content (AvgIpc) is 3.06. The number of pyridine rings is 1. The first kappa shape index (κ1) is 21.0. The Labute approximate surface area is 181 Å². The normalized spacial score (nSPS) is 20.5. The minimum atomic E-state index is -0.185. The van der Waals surface area contributed by atoms with Gasteiger partial charge in [-0.15, -0.1) is 0 Å². The third-order valence-electron chi connectivity index (χ3n) is 6.00. The molecule has 2 aromatic rings. The predicted octanol–water partition coefficient (Wildman–Crippen LogP) is 2.84. The first-order valence-corrected chi connectivity index (χ1v) is 10.9. The molecule has 3 amide bonds. The Bertz CT molecular complexity index is 923. The molecule has 2 aliphatic rings. The molecule has 1 saturated heterocycles. The maximum Gasteiger partial charge on any atom is 0.233 e. The first-order chi connectivity index (χ1) is 15.1. The highest BCUT2D eigenvalue weighted by molar-refractivity contribution is 6.05. The number of hydrogen-bond acceptors (Lipinski definition) is 5. The van der Waals surface area contributed by atoms with Crippen LogP contribution in [0.2, 0.25) is 0 Å². The van der Waals surface area contributed by atoms with Crippen molar-refractivity contribution >= 4 is 17.7 Å². The fourth-order valence-corrected chi connectivity index (χ4v) is 4.34. The molecule has 1 N–H and O–H groups in total. The van der Waals surface area contributed by atoms with Gasteiger partial charge in [-0.1, -0.05) is 31.0 Å². The molecule has 2 unspecified atom stereocenters. The zero-order valence-corrected chi connectivity index (χ0v) is 17.5. The SMILES string of the molecule is O=C(CCN1C(=O)C2CCCCC2C1=O)NCc1cccc(OCc2ccccn2)c1. The van der Waals surface area contributed by atoms with Crippen LogP contribution in [0.15, 0.2) is 48.7 Å². The van der Waals surface area contributed by atoms with Gasteiger partial charge < -0.3 is 10.1 Å².